The molecule has 0 amide bonds. The minimum absolute atomic E-state index is 0.0917. The van der Waals surface area contributed by atoms with E-state index in [1.807, 2.05) is 42.5 Å². The van der Waals surface area contributed by atoms with Gasteiger partial charge in [-0.1, -0.05) is 60.7 Å². The van der Waals surface area contributed by atoms with Crippen LogP contribution in [-0.4, -0.2) is 10.7 Å². The molecule has 0 unspecified atom stereocenters. The molecule has 0 bridgehead atoms. The van der Waals surface area contributed by atoms with Crippen LogP contribution in [0.1, 0.15) is 15.9 Å². The summed E-state index contributed by atoms with van der Waals surface area (Å²) in [4.78, 5) is 22.7. The Morgan fingerprint density at radius 3 is 2.43 bits per heavy atom. The molecule has 0 spiro atoms. The first-order chi connectivity index (χ1) is 11.2. The molecular formula is C19H13NO3. The predicted octanol–water partition coefficient (Wildman–Crippen LogP) is 4.64. The molecule has 4 nitrogen and oxygen atoms in total. The van der Waals surface area contributed by atoms with Crippen LogP contribution in [0.5, 0.6) is 0 Å². The molecule has 0 aliphatic carbocycles. The van der Waals surface area contributed by atoms with Crippen molar-refractivity contribution in [2.75, 3.05) is 0 Å². The summed E-state index contributed by atoms with van der Waals surface area (Å²) in [5.41, 5.74) is 0.809. The number of nitro benzene ring substituents is 1. The molecule has 23 heavy (non-hydrogen) atoms. The lowest BCUT2D eigenvalue weighted by molar-refractivity contribution is -0.385. The van der Waals surface area contributed by atoms with Crippen molar-refractivity contribution in [2.24, 2.45) is 0 Å². The number of carbonyl (C=O) groups excluding carboxylic acids is 1. The number of para-hydroxylation sites is 1. The van der Waals surface area contributed by atoms with Gasteiger partial charge < -0.3 is 0 Å². The molecule has 0 N–H and O–H groups in total. The molecular weight excluding hydrogens is 290 g/mol. The molecule has 0 atom stereocenters. The van der Waals surface area contributed by atoms with Crippen LogP contribution >= 0.6 is 0 Å². The van der Waals surface area contributed by atoms with Gasteiger partial charge in [0.1, 0.15) is 0 Å². The zero-order valence-electron chi connectivity index (χ0n) is 12.2. The van der Waals surface area contributed by atoms with Crippen molar-refractivity contribution >= 4 is 28.3 Å². The van der Waals surface area contributed by atoms with Crippen molar-refractivity contribution in [1.29, 1.82) is 0 Å². The van der Waals surface area contributed by atoms with Gasteiger partial charge in [-0.25, -0.2) is 0 Å². The van der Waals surface area contributed by atoms with Crippen LogP contribution in [0.2, 0.25) is 0 Å². The van der Waals surface area contributed by atoms with Crippen LogP contribution in [0.25, 0.3) is 16.8 Å². The maximum Gasteiger partial charge on any atom is 0.280 e. The second kappa shape index (κ2) is 6.23. The zero-order valence-corrected chi connectivity index (χ0v) is 12.2. The molecule has 0 aliphatic rings. The normalized spacial score (nSPS) is 11.0. The van der Waals surface area contributed by atoms with Gasteiger partial charge in [-0.3, -0.25) is 14.9 Å². The fourth-order valence-corrected chi connectivity index (χ4v) is 2.49. The summed E-state index contributed by atoms with van der Waals surface area (Å²) in [6.45, 7) is 0. The fourth-order valence-electron chi connectivity index (χ4n) is 2.49. The Hall–Kier alpha value is -3.27. The second-order valence-electron chi connectivity index (χ2n) is 5.04. The van der Waals surface area contributed by atoms with Crippen LogP contribution in [0.4, 0.5) is 5.69 Å². The molecule has 0 radical (unpaired) electrons. The number of hydrogen-bond acceptors (Lipinski definition) is 3. The van der Waals surface area contributed by atoms with E-state index in [0.29, 0.717) is 0 Å². The summed E-state index contributed by atoms with van der Waals surface area (Å²) in [6.07, 6.45) is 3.07. The largest absolute Gasteiger partial charge is 0.289 e. The average Bonchev–Trinajstić information content (AvgIpc) is 2.59. The smallest absolute Gasteiger partial charge is 0.280 e. The number of carbonyl (C=O) groups is 1. The highest BCUT2D eigenvalue weighted by Gasteiger charge is 2.16. The van der Waals surface area contributed by atoms with Crippen molar-refractivity contribution in [1.82, 2.24) is 0 Å². The summed E-state index contributed by atoms with van der Waals surface area (Å²) in [5.74, 6) is -0.384. The van der Waals surface area contributed by atoms with Gasteiger partial charge in [-0.2, -0.15) is 0 Å². The summed E-state index contributed by atoms with van der Waals surface area (Å²) < 4.78 is 0. The van der Waals surface area contributed by atoms with Crippen LogP contribution in [0.3, 0.4) is 0 Å². The van der Waals surface area contributed by atoms with Gasteiger partial charge in [0.15, 0.2) is 5.78 Å². The average molecular weight is 303 g/mol. The third-order valence-electron chi connectivity index (χ3n) is 3.60. The first-order valence-electron chi connectivity index (χ1n) is 7.10. The molecule has 0 aromatic heterocycles. The van der Waals surface area contributed by atoms with Crippen molar-refractivity contribution in [3.05, 3.63) is 94.0 Å². The topological polar surface area (TPSA) is 60.2 Å². The third-order valence-corrected chi connectivity index (χ3v) is 3.60. The maximum atomic E-state index is 12.3. The monoisotopic (exact) mass is 303 g/mol. The summed E-state index contributed by atoms with van der Waals surface area (Å²) in [6, 6.07) is 19.6. The highest BCUT2D eigenvalue weighted by molar-refractivity contribution is 6.10. The number of nitro groups is 1. The van der Waals surface area contributed by atoms with E-state index in [1.165, 1.54) is 18.2 Å². The Bertz CT molecular complexity index is 923. The lowest BCUT2D eigenvalue weighted by Gasteiger charge is -2.02. The molecule has 0 saturated heterocycles. The number of ketones is 1. The Labute approximate surface area is 132 Å². The van der Waals surface area contributed by atoms with E-state index in [4.69, 9.17) is 0 Å². The number of fused-ring (bicyclic) bond motifs is 1. The van der Waals surface area contributed by atoms with Gasteiger partial charge in [0.25, 0.3) is 5.69 Å². The Kier molecular flexibility index (Phi) is 3.97. The van der Waals surface area contributed by atoms with E-state index in [0.717, 1.165) is 16.3 Å². The SMILES string of the molecule is O=C(C=Cc1cccc2ccccc12)c1ccccc1[N+](=O)[O-]. The highest BCUT2D eigenvalue weighted by atomic mass is 16.6. The lowest BCUT2D eigenvalue weighted by Crippen LogP contribution is -2.00. The minimum Gasteiger partial charge on any atom is -0.289 e. The van der Waals surface area contributed by atoms with E-state index in [-0.39, 0.29) is 17.0 Å². The first-order valence-corrected chi connectivity index (χ1v) is 7.10. The van der Waals surface area contributed by atoms with Gasteiger partial charge in [0, 0.05) is 6.07 Å². The molecule has 0 heterocycles. The summed E-state index contributed by atoms with van der Waals surface area (Å²) in [7, 11) is 0. The van der Waals surface area contributed by atoms with Gasteiger partial charge in [-0.05, 0) is 28.5 Å². The molecule has 112 valence electrons. The summed E-state index contributed by atoms with van der Waals surface area (Å²) >= 11 is 0. The third kappa shape index (κ3) is 3.01. The van der Waals surface area contributed by atoms with E-state index in [2.05, 4.69) is 0 Å². The second-order valence-corrected chi connectivity index (χ2v) is 5.04. The van der Waals surface area contributed by atoms with Gasteiger partial charge >= 0.3 is 0 Å². The molecule has 3 rings (SSSR count). The van der Waals surface area contributed by atoms with Crippen LogP contribution in [-0.2, 0) is 0 Å². The predicted molar refractivity (Wildman–Crippen MR) is 90.4 cm³/mol. The van der Waals surface area contributed by atoms with E-state index >= 15 is 0 Å². The lowest BCUT2D eigenvalue weighted by atomic mass is 10.0. The number of benzene rings is 3. The number of rotatable bonds is 4. The van der Waals surface area contributed by atoms with E-state index < -0.39 is 4.92 Å². The molecule has 0 aliphatic heterocycles. The minimum atomic E-state index is -0.543. The Morgan fingerprint density at radius 2 is 1.61 bits per heavy atom. The van der Waals surface area contributed by atoms with Crippen molar-refractivity contribution in [3.63, 3.8) is 0 Å². The van der Waals surface area contributed by atoms with Crippen molar-refractivity contribution < 1.29 is 9.72 Å². The van der Waals surface area contributed by atoms with Crippen LogP contribution < -0.4 is 0 Å². The molecule has 3 aromatic carbocycles. The molecule has 0 fully saturated rings. The fraction of sp³-hybridized carbons (Fsp3) is 0. The van der Waals surface area contributed by atoms with Crippen LogP contribution in [0.15, 0.2) is 72.8 Å². The van der Waals surface area contributed by atoms with Gasteiger partial charge in [0.05, 0.1) is 10.5 Å². The van der Waals surface area contributed by atoms with E-state index in [1.54, 1.807) is 18.2 Å². The quantitative estimate of drug-likeness (QED) is 0.305. The standard InChI is InChI=1S/C19H13NO3/c21-19(17-10-3-4-11-18(17)20(22)23)13-12-15-8-5-7-14-6-1-2-9-16(14)15/h1-13H. The maximum absolute atomic E-state index is 12.3. The molecule has 0 saturated carbocycles. The van der Waals surface area contributed by atoms with Gasteiger partial charge in [-0.15, -0.1) is 0 Å². The molecule has 4 heteroatoms. The van der Waals surface area contributed by atoms with Gasteiger partial charge in [0.2, 0.25) is 0 Å². The summed E-state index contributed by atoms with van der Waals surface area (Å²) in [5, 5.41) is 13.1. The van der Waals surface area contributed by atoms with Crippen LogP contribution in [0, 0.1) is 10.1 Å². The van der Waals surface area contributed by atoms with Crippen molar-refractivity contribution in [2.45, 2.75) is 0 Å². The Morgan fingerprint density at radius 1 is 0.913 bits per heavy atom. The molecule has 3 aromatic rings. The number of hydrogen-bond donors (Lipinski definition) is 0. The first kappa shape index (κ1) is 14.7. The van der Waals surface area contributed by atoms with E-state index in [9.17, 15) is 14.9 Å². The number of nitrogens with zero attached hydrogens (tertiary/aromatic N) is 1. The number of allylic oxidation sites excluding steroid dienone is 1. The van der Waals surface area contributed by atoms with Crippen molar-refractivity contribution in [3.8, 4) is 0 Å². The highest BCUT2D eigenvalue weighted by Crippen LogP contribution is 2.22. The zero-order chi connectivity index (χ0) is 16.2. The Balaban J connectivity index is 1.97.